The lowest BCUT2D eigenvalue weighted by atomic mass is 9.79. The highest BCUT2D eigenvalue weighted by atomic mass is 32.1. The molecular weight excluding hydrogens is 441 g/mol. The molecule has 3 aromatic rings. The molecule has 0 atom stereocenters. The van der Waals surface area contributed by atoms with Gasteiger partial charge in [-0.05, 0) is 48.6 Å². The summed E-state index contributed by atoms with van der Waals surface area (Å²) in [6.07, 6.45) is 6.56. The number of halogens is 1. The third-order valence-corrected chi connectivity index (χ3v) is 8.10. The van der Waals surface area contributed by atoms with Crippen LogP contribution in [0.4, 0.5) is 4.39 Å². The zero-order valence-corrected chi connectivity index (χ0v) is 18.9. The zero-order valence-electron chi connectivity index (χ0n) is 18.0. The molecule has 1 aromatic carbocycles. The number of hydrogen-bond donors (Lipinski definition) is 1. The van der Waals surface area contributed by atoms with E-state index in [-0.39, 0.29) is 17.2 Å². The van der Waals surface area contributed by atoms with Crippen LogP contribution >= 0.6 is 11.3 Å². The highest BCUT2D eigenvalue weighted by Gasteiger charge is 2.45. The molecule has 0 amide bonds. The number of aromatic nitrogens is 2. The van der Waals surface area contributed by atoms with Crippen LogP contribution in [0.25, 0.3) is 20.9 Å². The lowest BCUT2D eigenvalue weighted by molar-refractivity contribution is -0.147. The monoisotopic (exact) mass is 465 g/mol. The van der Waals surface area contributed by atoms with E-state index in [1.54, 1.807) is 6.07 Å². The molecule has 8 heteroatoms. The standard InChI is InChI=1S/C25H24FN3O3S/c26-19-11-15(12-29-13-16(14-29)24(30)31)1-2-18(19)22-27-20-3-4-21(28-23(20)33-22)25(7-8-25)17-5-9-32-10-6-17/h1-4,7-8,11,16-17H,5-6,9-10,12-14H2,(H,30,31). The van der Waals surface area contributed by atoms with Gasteiger partial charge in [0.05, 0.1) is 17.0 Å². The van der Waals surface area contributed by atoms with Crippen molar-refractivity contribution in [2.45, 2.75) is 24.8 Å². The highest BCUT2D eigenvalue weighted by molar-refractivity contribution is 7.21. The fourth-order valence-corrected chi connectivity index (χ4v) is 6.00. The maximum atomic E-state index is 15.0. The number of ether oxygens (including phenoxy) is 1. The fourth-order valence-electron chi connectivity index (χ4n) is 5.03. The number of pyridine rings is 1. The summed E-state index contributed by atoms with van der Waals surface area (Å²) in [5, 5.41) is 9.63. The van der Waals surface area contributed by atoms with Crippen molar-refractivity contribution in [3.63, 3.8) is 0 Å². The molecule has 0 radical (unpaired) electrons. The van der Waals surface area contributed by atoms with Gasteiger partial charge in [-0.25, -0.2) is 14.4 Å². The summed E-state index contributed by atoms with van der Waals surface area (Å²) < 4.78 is 20.5. The van der Waals surface area contributed by atoms with Crippen molar-refractivity contribution in [1.29, 1.82) is 0 Å². The van der Waals surface area contributed by atoms with E-state index in [0.717, 1.165) is 47.7 Å². The first-order valence-electron chi connectivity index (χ1n) is 11.3. The van der Waals surface area contributed by atoms with Crippen LogP contribution in [0.5, 0.6) is 0 Å². The van der Waals surface area contributed by atoms with E-state index in [1.165, 1.54) is 17.4 Å². The Balaban J connectivity index is 1.22. The predicted octanol–water partition coefficient (Wildman–Crippen LogP) is 4.25. The molecule has 2 aliphatic heterocycles. The van der Waals surface area contributed by atoms with E-state index >= 15 is 0 Å². The molecule has 4 heterocycles. The lowest BCUT2D eigenvalue weighted by Gasteiger charge is -2.36. The predicted molar refractivity (Wildman–Crippen MR) is 124 cm³/mol. The first-order chi connectivity index (χ1) is 16.0. The topological polar surface area (TPSA) is 75.5 Å². The second-order valence-electron chi connectivity index (χ2n) is 9.24. The summed E-state index contributed by atoms with van der Waals surface area (Å²) in [6.45, 7) is 3.17. The summed E-state index contributed by atoms with van der Waals surface area (Å²) in [4.78, 5) is 23.4. The van der Waals surface area contributed by atoms with Crippen molar-refractivity contribution < 1.29 is 19.0 Å². The van der Waals surface area contributed by atoms with Crippen LogP contribution in [-0.2, 0) is 21.5 Å². The van der Waals surface area contributed by atoms with Crippen LogP contribution in [0.2, 0.25) is 0 Å². The number of nitrogens with zero attached hydrogens (tertiary/aromatic N) is 3. The van der Waals surface area contributed by atoms with E-state index in [1.807, 2.05) is 17.0 Å². The number of allylic oxidation sites excluding steroid dienone is 2. The molecule has 1 N–H and O–H groups in total. The highest BCUT2D eigenvalue weighted by Crippen LogP contribution is 2.49. The minimum Gasteiger partial charge on any atom is -0.481 e. The lowest BCUT2D eigenvalue weighted by Crippen LogP contribution is -2.49. The molecule has 170 valence electrons. The SMILES string of the molecule is O=C(O)C1CN(Cc2ccc(-c3nc4ccc(C5(C6CCOCC6)C=C5)nc4s3)c(F)c2)C1. The van der Waals surface area contributed by atoms with Gasteiger partial charge in [0.15, 0.2) is 0 Å². The summed E-state index contributed by atoms with van der Waals surface area (Å²) in [6, 6.07) is 9.24. The van der Waals surface area contributed by atoms with Gasteiger partial charge < -0.3 is 9.84 Å². The van der Waals surface area contributed by atoms with Crippen molar-refractivity contribution in [1.82, 2.24) is 14.9 Å². The summed E-state index contributed by atoms with van der Waals surface area (Å²) in [5.41, 5.74) is 3.07. The molecule has 0 spiro atoms. The number of aliphatic carboxylic acids is 1. The van der Waals surface area contributed by atoms with Crippen molar-refractivity contribution in [2.24, 2.45) is 11.8 Å². The third-order valence-electron chi connectivity index (χ3n) is 7.10. The Morgan fingerprint density at radius 3 is 2.67 bits per heavy atom. The largest absolute Gasteiger partial charge is 0.481 e. The van der Waals surface area contributed by atoms with Crippen molar-refractivity contribution >= 4 is 27.7 Å². The van der Waals surface area contributed by atoms with Gasteiger partial charge in [0, 0.05) is 38.4 Å². The van der Waals surface area contributed by atoms with Gasteiger partial charge in [0.2, 0.25) is 0 Å². The number of benzene rings is 1. The third kappa shape index (κ3) is 3.76. The Morgan fingerprint density at radius 2 is 1.97 bits per heavy atom. The Labute approximate surface area is 194 Å². The van der Waals surface area contributed by atoms with Crippen LogP contribution in [0, 0.1) is 17.7 Å². The van der Waals surface area contributed by atoms with Gasteiger partial charge in [-0.15, -0.1) is 0 Å². The van der Waals surface area contributed by atoms with E-state index in [4.69, 9.17) is 14.8 Å². The first kappa shape index (κ1) is 20.9. The maximum Gasteiger partial charge on any atom is 0.309 e. The van der Waals surface area contributed by atoms with Gasteiger partial charge >= 0.3 is 5.97 Å². The molecule has 2 aromatic heterocycles. The second-order valence-corrected chi connectivity index (χ2v) is 10.2. The van der Waals surface area contributed by atoms with E-state index in [0.29, 0.717) is 36.1 Å². The summed E-state index contributed by atoms with van der Waals surface area (Å²) in [7, 11) is 0. The number of fused-ring (bicyclic) bond motifs is 1. The zero-order chi connectivity index (χ0) is 22.6. The van der Waals surface area contributed by atoms with Gasteiger partial charge in [0.25, 0.3) is 0 Å². The van der Waals surface area contributed by atoms with Crippen molar-refractivity contribution in [3.8, 4) is 10.6 Å². The molecule has 2 fully saturated rings. The smallest absolute Gasteiger partial charge is 0.309 e. The van der Waals surface area contributed by atoms with E-state index in [9.17, 15) is 9.18 Å². The van der Waals surface area contributed by atoms with Crippen LogP contribution in [0.1, 0.15) is 24.1 Å². The maximum absolute atomic E-state index is 15.0. The number of hydrogen-bond acceptors (Lipinski definition) is 6. The van der Waals surface area contributed by atoms with Crippen molar-refractivity contribution in [3.05, 3.63) is 59.6 Å². The van der Waals surface area contributed by atoms with Crippen LogP contribution < -0.4 is 0 Å². The number of carboxylic acid groups (broad SMARTS) is 1. The van der Waals surface area contributed by atoms with Crippen molar-refractivity contribution in [2.75, 3.05) is 26.3 Å². The molecular formula is C25H24FN3O3S. The van der Waals surface area contributed by atoms with Crippen LogP contribution in [0.3, 0.4) is 0 Å². The fraction of sp³-hybridized carbons (Fsp3) is 0.400. The van der Waals surface area contributed by atoms with E-state index < -0.39 is 5.97 Å². The minimum absolute atomic E-state index is 0.0640. The number of thiazole rings is 1. The molecule has 0 unspecified atom stereocenters. The molecule has 3 aliphatic rings. The molecule has 0 saturated carbocycles. The molecule has 1 aliphatic carbocycles. The average Bonchev–Trinajstić information content (AvgIpc) is 3.49. The number of carboxylic acids is 1. The Bertz CT molecular complexity index is 1260. The van der Waals surface area contributed by atoms with Gasteiger partial charge in [-0.2, -0.15) is 0 Å². The van der Waals surface area contributed by atoms with Gasteiger partial charge in [0.1, 0.15) is 21.2 Å². The van der Waals surface area contributed by atoms with Crippen LogP contribution in [-0.4, -0.2) is 52.2 Å². The Kier molecular flexibility index (Phi) is 5.05. The van der Waals surface area contributed by atoms with Gasteiger partial charge in [-0.1, -0.05) is 29.6 Å². The van der Waals surface area contributed by atoms with Gasteiger partial charge in [-0.3, -0.25) is 9.69 Å². The molecule has 33 heavy (non-hydrogen) atoms. The molecule has 6 rings (SSSR count). The molecule has 0 bridgehead atoms. The minimum atomic E-state index is -0.767. The summed E-state index contributed by atoms with van der Waals surface area (Å²) in [5.74, 6) is -0.877. The first-order valence-corrected chi connectivity index (χ1v) is 12.1. The number of rotatable bonds is 6. The average molecular weight is 466 g/mol. The molecule has 6 nitrogen and oxygen atoms in total. The number of carbonyl (C=O) groups is 1. The quantitative estimate of drug-likeness (QED) is 0.549. The summed E-state index contributed by atoms with van der Waals surface area (Å²) >= 11 is 1.42. The Hall–Kier alpha value is -2.68. The second kappa shape index (κ2) is 7.97. The Morgan fingerprint density at radius 1 is 1.18 bits per heavy atom. The van der Waals surface area contributed by atoms with Crippen LogP contribution in [0.15, 0.2) is 42.5 Å². The van der Waals surface area contributed by atoms with E-state index in [2.05, 4.69) is 23.2 Å². The number of likely N-dealkylation sites (tertiary alicyclic amines) is 1. The normalized spacial score (nSPS) is 20.8. The molecule has 2 saturated heterocycles.